The van der Waals surface area contributed by atoms with Crippen molar-refractivity contribution in [2.75, 3.05) is 14.2 Å². The first kappa shape index (κ1) is 20.6. The molecular formula is C33H21NO2. The highest BCUT2D eigenvalue weighted by Gasteiger charge is 2.16. The van der Waals surface area contributed by atoms with Crippen LogP contribution in [0.1, 0.15) is 5.56 Å². The number of methoxy groups -OCH3 is 2. The van der Waals surface area contributed by atoms with Crippen LogP contribution in [0.15, 0.2) is 91.0 Å². The quantitative estimate of drug-likeness (QED) is 0.241. The number of nitriles is 1. The zero-order valence-corrected chi connectivity index (χ0v) is 19.9. The molecule has 0 unspecified atom stereocenters. The second-order valence-corrected chi connectivity index (χ2v) is 9.19. The van der Waals surface area contributed by atoms with Crippen LogP contribution in [0.2, 0.25) is 0 Å². The standard InChI is InChI=1S/C33H21NO2/c1-35-25-10-13-27-21(16-25)7-5-19-3-4-20-6-8-23-15-24(18-34)29-12-9-22-17-26(36-2)11-14-28(22)33(29)32(23)31(20)30(19)27/h3-17H,1-2H3. The molecule has 0 fully saturated rings. The van der Waals surface area contributed by atoms with Gasteiger partial charge in [0.2, 0.25) is 0 Å². The van der Waals surface area contributed by atoms with E-state index in [2.05, 4.69) is 78.9 Å². The maximum atomic E-state index is 10.0. The van der Waals surface area contributed by atoms with Crippen LogP contribution in [0.3, 0.4) is 0 Å². The number of hydrogen-bond donors (Lipinski definition) is 0. The average Bonchev–Trinajstić information content (AvgIpc) is 2.94. The van der Waals surface area contributed by atoms with Gasteiger partial charge in [-0.15, -0.1) is 0 Å². The lowest BCUT2D eigenvalue weighted by molar-refractivity contribution is 0.415. The van der Waals surface area contributed by atoms with Gasteiger partial charge in [0, 0.05) is 5.39 Å². The highest BCUT2D eigenvalue weighted by atomic mass is 16.5. The molecule has 0 aliphatic carbocycles. The van der Waals surface area contributed by atoms with Crippen LogP contribution in [0.25, 0.3) is 64.6 Å². The topological polar surface area (TPSA) is 42.2 Å². The summed E-state index contributed by atoms with van der Waals surface area (Å²) in [4.78, 5) is 0. The summed E-state index contributed by atoms with van der Waals surface area (Å²) in [5, 5.41) is 23.7. The van der Waals surface area contributed by atoms with Gasteiger partial charge in [0.15, 0.2) is 0 Å². The zero-order chi connectivity index (χ0) is 24.4. The van der Waals surface area contributed by atoms with Crippen molar-refractivity contribution in [3.05, 3.63) is 96.6 Å². The van der Waals surface area contributed by atoms with E-state index >= 15 is 0 Å². The summed E-state index contributed by atoms with van der Waals surface area (Å²) in [7, 11) is 3.38. The van der Waals surface area contributed by atoms with E-state index in [0.29, 0.717) is 5.56 Å². The van der Waals surface area contributed by atoms with Crippen molar-refractivity contribution in [2.45, 2.75) is 0 Å². The molecule has 0 atom stereocenters. The Kier molecular flexibility index (Phi) is 4.34. The Morgan fingerprint density at radius 3 is 1.56 bits per heavy atom. The minimum Gasteiger partial charge on any atom is -0.497 e. The molecule has 0 aliphatic heterocycles. The van der Waals surface area contributed by atoms with Crippen LogP contribution in [-0.4, -0.2) is 14.2 Å². The van der Waals surface area contributed by atoms with Gasteiger partial charge in [-0.3, -0.25) is 0 Å². The SMILES string of the molecule is COc1ccc2c(ccc3ccc4ccc5cc(C#N)c6ccc7cc(OC)ccc7c6c5c4c32)c1. The van der Waals surface area contributed by atoms with Gasteiger partial charge in [0.1, 0.15) is 11.5 Å². The molecule has 0 saturated carbocycles. The smallest absolute Gasteiger partial charge is 0.119 e. The van der Waals surface area contributed by atoms with E-state index in [1.165, 1.54) is 32.3 Å². The van der Waals surface area contributed by atoms with Gasteiger partial charge in [0.25, 0.3) is 0 Å². The van der Waals surface area contributed by atoms with Crippen LogP contribution in [0.5, 0.6) is 11.5 Å². The monoisotopic (exact) mass is 463 g/mol. The van der Waals surface area contributed by atoms with E-state index in [0.717, 1.165) is 43.8 Å². The Morgan fingerprint density at radius 1 is 0.472 bits per heavy atom. The van der Waals surface area contributed by atoms with Gasteiger partial charge in [-0.1, -0.05) is 60.7 Å². The Labute approximate surface area is 207 Å². The Balaban J connectivity index is 1.81. The lowest BCUT2D eigenvalue weighted by Crippen LogP contribution is -1.90. The summed E-state index contributed by atoms with van der Waals surface area (Å²) >= 11 is 0. The number of fused-ring (bicyclic) bond motifs is 11. The largest absolute Gasteiger partial charge is 0.497 e. The predicted octanol–water partition coefficient (Wildman–Crippen LogP) is 8.49. The van der Waals surface area contributed by atoms with E-state index < -0.39 is 0 Å². The second-order valence-electron chi connectivity index (χ2n) is 9.19. The molecule has 0 N–H and O–H groups in total. The van der Waals surface area contributed by atoms with E-state index in [4.69, 9.17) is 9.47 Å². The number of hydrogen-bond acceptors (Lipinski definition) is 3. The molecule has 3 heteroatoms. The van der Waals surface area contributed by atoms with Crippen LogP contribution < -0.4 is 9.47 Å². The number of benzene rings is 7. The summed E-state index contributed by atoms with van der Waals surface area (Å²) in [6.45, 7) is 0. The van der Waals surface area contributed by atoms with Gasteiger partial charge < -0.3 is 9.47 Å². The van der Waals surface area contributed by atoms with Crippen molar-refractivity contribution in [3.63, 3.8) is 0 Å². The minimum atomic E-state index is 0.685. The van der Waals surface area contributed by atoms with E-state index in [1.54, 1.807) is 14.2 Å². The Bertz CT molecular complexity index is 2080. The van der Waals surface area contributed by atoms with Crippen molar-refractivity contribution in [2.24, 2.45) is 0 Å². The zero-order valence-electron chi connectivity index (χ0n) is 19.9. The summed E-state index contributed by atoms with van der Waals surface area (Å²) in [6, 6.07) is 34.1. The van der Waals surface area contributed by atoms with Gasteiger partial charge >= 0.3 is 0 Å². The third-order valence-corrected chi connectivity index (χ3v) is 7.41. The van der Waals surface area contributed by atoms with Gasteiger partial charge in [-0.05, 0) is 89.6 Å². The average molecular weight is 464 g/mol. The summed E-state index contributed by atoms with van der Waals surface area (Å²) in [6.07, 6.45) is 0. The fraction of sp³-hybridized carbons (Fsp3) is 0.0606. The first-order valence-corrected chi connectivity index (χ1v) is 11.9. The molecule has 0 saturated heterocycles. The fourth-order valence-electron chi connectivity index (χ4n) is 5.74. The first-order chi connectivity index (χ1) is 17.7. The number of ether oxygens (including phenoxy) is 2. The second kappa shape index (κ2) is 7.60. The molecule has 0 aliphatic rings. The van der Waals surface area contributed by atoms with Gasteiger partial charge in [-0.2, -0.15) is 5.26 Å². The predicted molar refractivity (Wildman–Crippen MR) is 149 cm³/mol. The third kappa shape index (κ3) is 2.79. The molecule has 36 heavy (non-hydrogen) atoms. The molecule has 7 rings (SSSR count). The summed E-state index contributed by atoms with van der Waals surface area (Å²) in [5.74, 6) is 1.66. The number of rotatable bonds is 2. The Hall–Kier alpha value is -4.81. The molecule has 0 amide bonds. The molecule has 0 aromatic heterocycles. The summed E-state index contributed by atoms with van der Waals surface area (Å²) in [5.41, 5.74) is 0.685. The van der Waals surface area contributed by atoms with Crippen LogP contribution >= 0.6 is 0 Å². The molecule has 7 aromatic rings. The van der Waals surface area contributed by atoms with Gasteiger partial charge in [0.05, 0.1) is 25.9 Å². The highest BCUT2D eigenvalue weighted by molar-refractivity contribution is 6.35. The molecule has 0 bridgehead atoms. The first-order valence-electron chi connectivity index (χ1n) is 11.9. The molecule has 0 heterocycles. The molecular weight excluding hydrogens is 442 g/mol. The maximum Gasteiger partial charge on any atom is 0.119 e. The molecule has 7 aromatic carbocycles. The normalized spacial score (nSPS) is 11.6. The molecule has 0 spiro atoms. The minimum absolute atomic E-state index is 0.685. The van der Waals surface area contributed by atoms with Crippen molar-refractivity contribution < 1.29 is 9.47 Å². The van der Waals surface area contributed by atoms with E-state index in [9.17, 15) is 5.26 Å². The Morgan fingerprint density at radius 2 is 0.944 bits per heavy atom. The van der Waals surface area contributed by atoms with Crippen molar-refractivity contribution in [3.8, 4) is 17.6 Å². The highest BCUT2D eigenvalue weighted by Crippen LogP contribution is 2.43. The van der Waals surface area contributed by atoms with Crippen LogP contribution in [-0.2, 0) is 0 Å². The lowest BCUT2D eigenvalue weighted by Gasteiger charge is -2.16. The van der Waals surface area contributed by atoms with Crippen LogP contribution in [0.4, 0.5) is 0 Å². The molecule has 170 valence electrons. The number of nitrogens with zero attached hydrogens (tertiary/aromatic N) is 1. The summed E-state index contributed by atoms with van der Waals surface area (Å²) < 4.78 is 11.0. The third-order valence-electron chi connectivity index (χ3n) is 7.41. The fourth-order valence-corrected chi connectivity index (χ4v) is 5.74. The van der Waals surface area contributed by atoms with Crippen molar-refractivity contribution in [1.82, 2.24) is 0 Å². The van der Waals surface area contributed by atoms with Crippen LogP contribution in [0, 0.1) is 11.3 Å². The lowest BCUT2D eigenvalue weighted by atomic mass is 9.87. The van der Waals surface area contributed by atoms with Crippen molar-refractivity contribution >= 4 is 64.6 Å². The molecule has 0 radical (unpaired) electrons. The van der Waals surface area contributed by atoms with E-state index in [1.807, 2.05) is 18.2 Å². The van der Waals surface area contributed by atoms with Crippen molar-refractivity contribution in [1.29, 1.82) is 5.26 Å². The van der Waals surface area contributed by atoms with E-state index in [-0.39, 0.29) is 0 Å². The van der Waals surface area contributed by atoms with Gasteiger partial charge in [-0.25, -0.2) is 0 Å². The maximum absolute atomic E-state index is 10.0. The molecule has 3 nitrogen and oxygen atoms in total.